The average Bonchev–Trinajstić information content (AvgIpc) is 2.83. The molecule has 0 spiro atoms. The van der Waals surface area contributed by atoms with Gasteiger partial charge in [-0.15, -0.1) is 0 Å². The van der Waals surface area contributed by atoms with Crippen LogP contribution in [0.4, 0.5) is 4.79 Å². The number of esters is 1. The fourth-order valence-corrected chi connectivity index (χ4v) is 3.03. The molecule has 32 heavy (non-hydrogen) atoms. The van der Waals surface area contributed by atoms with E-state index in [1.807, 2.05) is 91.0 Å². The Morgan fingerprint density at radius 3 is 1.81 bits per heavy atom. The highest BCUT2D eigenvalue weighted by atomic mass is 16.5. The Morgan fingerprint density at radius 2 is 1.28 bits per heavy atom. The summed E-state index contributed by atoms with van der Waals surface area (Å²) in [5, 5.41) is 2.67. The molecule has 0 aliphatic rings. The number of benzene rings is 3. The Hall–Kier alpha value is -4.12. The average molecular weight is 428 g/mol. The van der Waals surface area contributed by atoms with Crippen LogP contribution < -0.4 is 5.32 Å². The number of amides is 1. The SMILES string of the molecule is CCOC(=O)/C=C(/C=C(c1ccccc1)c1ccccc1)NC(=O)OCc1ccccc1. The molecule has 0 saturated carbocycles. The van der Waals surface area contributed by atoms with Gasteiger partial charge in [0.25, 0.3) is 0 Å². The van der Waals surface area contributed by atoms with Gasteiger partial charge in [0.05, 0.1) is 12.3 Å². The maximum Gasteiger partial charge on any atom is 0.411 e. The molecule has 162 valence electrons. The summed E-state index contributed by atoms with van der Waals surface area (Å²) in [6, 6.07) is 28.8. The second-order valence-corrected chi connectivity index (χ2v) is 6.83. The Morgan fingerprint density at radius 1 is 0.750 bits per heavy atom. The van der Waals surface area contributed by atoms with E-state index in [1.165, 1.54) is 6.08 Å². The number of nitrogens with one attached hydrogen (secondary N) is 1. The number of hydrogen-bond donors (Lipinski definition) is 1. The molecule has 1 amide bonds. The van der Waals surface area contributed by atoms with E-state index >= 15 is 0 Å². The van der Waals surface area contributed by atoms with Gasteiger partial charge >= 0.3 is 12.1 Å². The molecule has 0 heterocycles. The first kappa shape index (κ1) is 22.6. The topological polar surface area (TPSA) is 64.6 Å². The van der Waals surface area contributed by atoms with Gasteiger partial charge in [-0.3, -0.25) is 5.32 Å². The summed E-state index contributed by atoms with van der Waals surface area (Å²) in [5.74, 6) is -0.553. The van der Waals surface area contributed by atoms with Crippen LogP contribution in [0, 0.1) is 0 Å². The minimum atomic E-state index is -0.666. The molecule has 0 atom stereocenters. The van der Waals surface area contributed by atoms with Crippen LogP contribution in [-0.4, -0.2) is 18.7 Å². The largest absolute Gasteiger partial charge is 0.463 e. The van der Waals surface area contributed by atoms with Gasteiger partial charge in [0.1, 0.15) is 6.61 Å². The van der Waals surface area contributed by atoms with Crippen LogP contribution in [0.1, 0.15) is 23.6 Å². The zero-order valence-electron chi connectivity index (χ0n) is 17.9. The quantitative estimate of drug-likeness (QED) is 0.293. The molecule has 0 aliphatic carbocycles. The van der Waals surface area contributed by atoms with E-state index in [2.05, 4.69) is 5.32 Å². The molecule has 0 bridgehead atoms. The fourth-order valence-electron chi connectivity index (χ4n) is 3.03. The third kappa shape index (κ3) is 6.99. The number of allylic oxidation sites excluding steroid dienone is 1. The van der Waals surface area contributed by atoms with Gasteiger partial charge in [-0.2, -0.15) is 0 Å². The molecule has 0 saturated heterocycles. The molecule has 3 rings (SSSR count). The smallest absolute Gasteiger partial charge is 0.411 e. The number of ether oxygens (including phenoxy) is 2. The van der Waals surface area contributed by atoms with Crippen LogP contribution in [-0.2, 0) is 20.9 Å². The van der Waals surface area contributed by atoms with Crippen LogP contribution in [0.25, 0.3) is 5.57 Å². The monoisotopic (exact) mass is 427 g/mol. The minimum absolute atomic E-state index is 0.118. The van der Waals surface area contributed by atoms with Crippen LogP contribution in [0.2, 0.25) is 0 Å². The van der Waals surface area contributed by atoms with E-state index in [-0.39, 0.29) is 18.9 Å². The number of rotatable bonds is 8. The Kier molecular flexibility index (Phi) is 8.40. The van der Waals surface area contributed by atoms with Gasteiger partial charge in [-0.1, -0.05) is 91.0 Å². The summed E-state index contributed by atoms with van der Waals surface area (Å²) in [5.41, 5.74) is 3.85. The fraction of sp³-hybridized carbons (Fsp3) is 0.111. The lowest BCUT2D eigenvalue weighted by atomic mass is 9.97. The van der Waals surface area contributed by atoms with E-state index in [4.69, 9.17) is 9.47 Å². The van der Waals surface area contributed by atoms with Crippen LogP contribution in [0.5, 0.6) is 0 Å². The molecular formula is C27H25NO4. The van der Waals surface area contributed by atoms with E-state index in [9.17, 15) is 9.59 Å². The van der Waals surface area contributed by atoms with E-state index in [0.717, 1.165) is 22.3 Å². The van der Waals surface area contributed by atoms with Gasteiger partial charge in [-0.05, 0) is 35.3 Å². The molecule has 5 nitrogen and oxygen atoms in total. The van der Waals surface area contributed by atoms with Gasteiger partial charge in [0.2, 0.25) is 0 Å². The molecule has 3 aromatic rings. The van der Waals surface area contributed by atoms with Gasteiger partial charge in [0, 0.05) is 6.08 Å². The predicted octanol–water partition coefficient (Wildman–Crippen LogP) is 5.49. The standard InChI is InChI=1S/C27H25NO4/c1-2-31-26(29)19-24(28-27(30)32-20-21-12-6-3-7-13-21)18-25(22-14-8-4-9-15-22)23-16-10-5-11-17-23/h3-19H,2,20H2,1H3,(H,28,30)/b24-19-. The maximum absolute atomic E-state index is 12.5. The highest BCUT2D eigenvalue weighted by Crippen LogP contribution is 2.24. The van der Waals surface area contributed by atoms with Crippen molar-refractivity contribution in [2.24, 2.45) is 0 Å². The minimum Gasteiger partial charge on any atom is -0.463 e. The van der Waals surface area contributed by atoms with Gasteiger partial charge in [0.15, 0.2) is 0 Å². The van der Waals surface area contributed by atoms with E-state index < -0.39 is 12.1 Å². The highest BCUT2D eigenvalue weighted by molar-refractivity contribution is 5.88. The summed E-state index contributed by atoms with van der Waals surface area (Å²) in [6.45, 7) is 2.07. The second kappa shape index (κ2) is 11.9. The number of carbonyl (C=O) groups is 2. The van der Waals surface area contributed by atoms with E-state index in [0.29, 0.717) is 0 Å². The maximum atomic E-state index is 12.5. The van der Waals surface area contributed by atoms with E-state index in [1.54, 1.807) is 13.0 Å². The second-order valence-electron chi connectivity index (χ2n) is 6.83. The van der Waals surface area contributed by atoms with Crippen LogP contribution in [0.3, 0.4) is 0 Å². The van der Waals surface area contributed by atoms with Crippen LogP contribution >= 0.6 is 0 Å². The van der Waals surface area contributed by atoms with Crippen molar-refractivity contribution in [3.05, 3.63) is 126 Å². The number of hydrogen-bond acceptors (Lipinski definition) is 4. The van der Waals surface area contributed by atoms with Crippen molar-refractivity contribution in [1.29, 1.82) is 0 Å². The molecule has 0 aliphatic heterocycles. The lowest BCUT2D eigenvalue weighted by molar-refractivity contribution is -0.137. The molecule has 5 heteroatoms. The molecule has 0 unspecified atom stereocenters. The normalized spacial score (nSPS) is 10.7. The molecule has 3 aromatic carbocycles. The lowest BCUT2D eigenvalue weighted by Gasteiger charge is -2.12. The first-order valence-corrected chi connectivity index (χ1v) is 10.3. The lowest BCUT2D eigenvalue weighted by Crippen LogP contribution is -2.24. The third-order valence-electron chi connectivity index (χ3n) is 4.49. The molecule has 0 aromatic heterocycles. The van der Waals surface area contributed by atoms with Crippen LogP contribution in [0.15, 0.2) is 109 Å². The number of alkyl carbamates (subject to hydrolysis) is 1. The van der Waals surface area contributed by atoms with Gasteiger partial charge < -0.3 is 9.47 Å². The Balaban J connectivity index is 1.89. The zero-order valence-corrected chi connectivity index (χ0v) is 17.9. The molecular weight excluding hydrogens is 402 g/mol. The summed E-state index contributed by atoms with van der Waals surface area (Å²) in [7, 11) is 0. The summed E-state index contributed by atoms with van der Waals surface area (Å²) >= 11 is 0. The summed E-state index contributed by atoms with van der Waals surface area (Å²) in [6.07, 6.45) is 2.32. The van der Waals surface area contributed by atoms with Crippen molar-refractivity contribution in [1.82, 2.24) is 5.32 Å². The third-order valence-corrected chi connectivity index (χ3v) is 4.49. The first-order chi connectivity index (χ1) is 15.7. The summed E-state index contributed by atoms with van der Waals surface area (Å²) in [4.78, 5) is 24.6. The van der Waals surface area contributed by atoms with Crippen molar-refractivity contribution in [2.45, 2.75) is 13.5 Å². The van der Waals surface area contributed by atoms with Crippen molar-refractivity contribution in [2.75, 3.05) is 6.61 Å². The van der Waals surface area contributed by atoms with Crippen molar-refractivity contribution in [3.63, 3.8) is 0 Å². The van der Waals surface area contributed by atoms with Crippen molar-refractivity contribution in [3.8, 4) is 0 Å². The zero-order chi connectivity index (χ0) is 22.6. The van der Waals surface area contributed by atoms with Crippen molar-refractivity contribution >= 4 is 17.6 Å². The summed E-state index contributed by atoms with van der Waals surface area (Å²) < 4.78 is 10.4. The van der Waals surface area contributed by atoms with Crippen molar-refractivity contribution < 1.29 is 19.1 Å². The Labute approximate surface area is 188 Å². The Bertz CT molecular complexity index is 1030. The molecule has 0 radical (unpaired) electrons. The predicted molar refractivity (Wildman–Crippen MR) is 124 cm³/mol. The molecule has 0 fully saturated rings. The van der Waals surface area contributed by atoms with Gasteiger partial charge in [-0.25, -0.2) is 9.59 Å². The number of carbonyl (C=O) groups excluding carboxylic acids is 2. The highest BCUT2D eigenvalue weighted by Gasteiger charge is 2.11. The molecule has 1 N–H and O–H groups in total. The first-order valence-electron chi connectivity index (χ1n) is 10.3.